The Morgan fingerprint density at radius 3 is 2.00 bits per heavy atom. The van der Waals surface area contributed by atoms with Crippen LogP contribution in [0.4, 0.5) is 0 Å². The number of hydrogen-bond acceptors (Lipinski definition) is 1. The molecule has 0 rings (SSSR count). The first-order chi connectivity index (χ1) is 2.64. The van der Waals surface area contributed by atoms with Crippen LogP contribution in [0.2, 0.25) is 0 Å². The van der Waals surface area contributed by atoms with Crippen LogP contribution in [-0.2, 0) is 25.2 Å². The maximum absolute atomic E-state index is 10.0. The van der Waals surface area contributed by atoms with E-state index in [-0.39, 0.29) is 4.09 Å². The molecule has 0 aliphatic rings. The molecule has 0 atom stereocenters. The van der Waals surface area contributed by atoms with Crippen molar-refractivity contribution in [3.8, 4) is 0 Å². The maximum atomic E-state index is 10.0. The Morgan fingerprint density at radius 1 is 1.83 bits per heavy atom. The first-order valence-electron chi connectivity index (χ1n) is 1.56. The van der Waals surface area contributed by atoms with E-state index in [1.807, 2.05) is 0 Å². The van der Waals surface area contributed by atoms with Gasteiger partial charge in [0.25, 0.3) is 0 Å². The molecule has 31 valence electrons. The quantitative estimate of drug-likeness (QED) is 0.363. The zero-order chi connectivity index (χ0) is 5.15. The Morgan fingerprint density at radius 2 is 2.00 bits per heavy atom. The molecular formula is C4H5OTi. The minimum atomic E-state index is 0.0648. The average molecular weight is 117 g/mol. The zero-order valence-corrected chi connectivity index (χ0v) is 5.18. The Bertz CT molecular complexity index is 73.5. The van der Waals surface area contributed by atoms with Crippen molar-refractivity contribution in [1.29, 1.82) is 0 Å². The summed E-state index contributed by atoms with van der Waals surface area (Å²) in [5, 5.41) is 0. The van der Waals surface area contributed by atoms with Gasteiger partial charge < -0.3 is 0 Å². The van der Waals surface area contributed by atoms with Crippen LogP contribution in [0, 0.1) is 0 Å². The topological polar surface area (TPSA) is 17.1 Å². The van der Waals surface area contributed by atoms with Gasteiger partial charge in [-0.15, -0.1) is 0 Å². The fraction of sp³-hybridized carbons (Fsp3) is 0.250. The molecule has 0 N–H and O–H groups in total. The van der Waals surface area contributed by atoms with Gasteiger partial charge in [-0.25, -0.2) is 0 Å². The van der Waals surface area contributed by atoms with Crippen molar-refractivity contribution in [3.05, 3.63) is 12.2 Å². The van der Waals surface area contributed by atoms with Crippen LogP contribution in [0.3, 0.4) is 0 Å². The van der Waals surface area contributed by atoms with Crippen LogP contribution < -0.4 is 0 Å². The van der Waals surface area contributed by atoms with Crippen LogP contribution in [0.15, 0.2) is 12.2 Å². The second-order valence-corrected chi connectivity index (χ2v) is 1.82. The van der Waals surface area contributed by atoms with E-state index in [4.69, 9.17) is 0 Å². The molecule has 0 aromatic rings. The van der Waals surface area contributed by atoms with Gasteiger partial charge in [-0.05, 0) is 0 Å². The second kappa shape index (κ2) is 2.32. The van der Waals surface area contributed by atoms with Crippen molar-refractivity contribution in [2.75, 3.05) is 0 Å². The van der Waals surface area contributed by atoms with Gasteiger partial charge in [0.1, 0.15) is 0 Å². The SMILES string of the molecule is C=C(C)[C](=O)[Ti]. The number of hydrogen-bond donors (Lipinski definition) is 0. The predicted octanol–water partition coefficient (Wildman–Crippen LogP) is 0.636. The molecule has 6 heavy (non-hydrogen) atoms. The van der Waals surface area contributed by atoms with Crippen LogP contribution in [0.25, 0.3) is 0 Å². The molecule has 0 saturated carbocycles. The molecule has 0 aromatic carbocycles. The first kappa shape index (κ1) is 6.12. The summed E-state index contributed by atoms with van der Waals surface area (Å²) in [5.41, 5.74) is 0.620. The van der Waals surface area contributed by atoms with Crippen molar-refractivity contribution >= 4 is 4.09 Å². The standard InChI is InChI=1S/C4H5O.Ti/c1-4(2)3-5;/h1H2,2H3;. The summed E-state index contributed by atoms with van der Waals surface area (Å²) in [4.78, 5) is 10.0. The van der Waals surface area contributed by atoms with Gasteiger partial charge in [-0.1, -0.05) is 0 Å². The van der Waals surface area contributed by atoms with E-state index >= 15 is 0 Å². The van der Waals surface area contributed by atoms with E-state index in [0.717, 1.165) is 0 Å². The third-order valence-corrected chi connectivity index (χ3v) is 1.05. The van der Waals surface area contributed by atoms with E-state index in [2.05, 4.69) is 6.58 Å². The molecule has 0 saturated heterocycles. The van der Waals surface area contributed by atoms with Crippen LogP contribution in [0.1, 0.15) is 6.92 Å². The molecule has 0 aromatic heterocycles. The number of allylic oxidation sites excluding steroid dienone is 1. The van der Waals surface area contributed by atoms with Crippen LogP contribution in [-0.4, -0.2) is 4.09 Å². The third kappa shape index (κ3) is 2.37. The first-order valence-corrected chi connectivity index (χ1v) is 2.34. The van der Waals surface area contributed by atoms with Crippen LogP contribution in [0.5, 0.6) is 0 Å². The number of carbonyl (C=O) groups excluding carboxylic acids is 1. The molecule has 0 aliphatic heterocycles. The molecule has 2 heteroatoms. The Labute approximate surface area is 48.8 Å². The van der Waals surface area contributed by atoms with Gasteiger partial charge in [0.15, 0.2) is 0 Å². The van der Waals surface area contributed by atoms with E-state index in [9.17, 15) is 4.79 Å². The van der Waals surface area contributed by atoms with Crippen molar-refractivity contribution in [2.24, 2.45) is 0 Å². The van der Waals surface area contributed by atoms with Gasteiger partial charge in [0, 0.05) is 0 Å². The predicted molar refractivity (Wildman–Crippen MR) is 19.8 cm³/mol. The summed E-state index contributed by atoms with van der Waals surface area (Å²) in [7, 11) is 0. The molecule has 1 nitrogen and oxygen atoms in total. The molecule has 0 bridgehead atoms. The molecular weight excluding hydrogens is 112 g/mol. The van der Waals surface area contributed by atoms with Gasteiger partial charge in [0.05, 0.1) is 0 Å². The van der Waals surface area contributed by atoms with Crippen molar-refractivity contribution in [1.82, 2.24) is 0 Å². The number of carbonyl (C=O) groups is 1. The summed E-state index contributed by atoms with van der Waals surface area (Å²) >= 11 is 1.50. The average Bonchev–Trinajstić information content (AvgIpc) is 1.36. The Balaban J connectivity index is 3.57. The molecule has 0 fully saturated rings. The fourth-order valence-electron chi connectivity index (χ4n) is 0. The molecule has 0 radical (unpaired) electrons. The second-order valence-electron chi connectivity index (χ2n) is 1.11. The van der Waals surface area contributed by atoms with Crippen molar-refractivity contribution < 1.29 is 25.2 Å². The van der Waals surface area contributed by atoms with Gasteiger partial charge >= 0.3 is 48.4 Å². The number of rotatable bonds is 1. The van der Waals surface area contributed by atoms with Gasteiger partial charge in [-0.2, -0.15) is 0 Å². The summed E-state index contributed by atoms with van der Waals surface area (Å²) in [6.45, 7) is 5.10. The molecule has 0 aliphatic carbocycles. The third-order valence-electron chi connectivity index (χ3n) is 0.388. The Kier molecular flexibility index (Phi) is 2.37. The molecule has 0 spiro atoms. The van der Waals surface area contributed by atoms with E-state index in [1.54, 1.807) is 6.92 Å². The molecule has 0 unspecified atom stereocenters. The van der Waals surface area contributed by atoms with E-state index in [1.165, 1.54) is 20.4 Å². The summed E-state index contributed by atoms with van der Waals surface area (Å²) in [5.74, 6) is 0. The molecule has 0 heterocycles. The van der Waals surface area contributed by atoms with Crippen molar-refractivity contribution in [3.63, 3.8) is 0 Å². The summed E-state index contributed by atoms with van der Waals surface area (Å²) < 4.78 is 0.0648. The monoisotopic (exact) mass is 117 g/mol. The zero-order valence-electron chi connectivity index (χ0n) is 3.62. The van der Waals surface area contributed by atoms with Gasteiger partial charge in [0.2, 0.25) is 0 Å². The summed E-state index contributed by atoms with van der Waals surface area (Å²) in [6.07, 6.45) is 0. The van der Waals surface area contributed by atoms with Crippen molar-refractivity contribution in [2.45, 2.75) is 6.92 Å². The minimum absolute atomic E-state index is 0.0648. The molecule has 0 amide bonds. The van der Waals surface area contributed by atoms with E-state index in [0.29, 0.717) is 5.57 Å². The summed E-state index contributed by atoms with van der Waals surface area (Å²) in [6, 6.07) is 0. The Hall–Kier alpha value is 0.124. The fourth-order valence-corrected chi connectivity index (χ4v) is 0. The van der Waals surface area contributed by atoms with Gasteiger partial charge in [-0.3, -0.25) is 0 Å². The van der Waals surface area contributed by atoms with Crippen LogP contribution >= 0.6 is 0 Å². The normalized spacial score (nSPS) is 7.33. The van der Waals surface area contributed by atoms with E-state index < -0.39 is 0 Å².